The lowest BCUT2D eigenvalue weighted by Crippen LogP contribution is -2.31. The van der Waals surface area contributed by atoms with Gasteiger partial charge in [0.2, 0.25) is 0 Å². The number of carbonyl (C=O) groups is 1. The predicted octanol–water partition coefficient (Wildman–Crippen LogP) is 0.922. The van der Waals surface area contributed by atoms with Crippen LogP contribution in [-0.2, 0) is 0 Å². The molecule has 0 atom stereocenters. The van der Waals surface area contributed by atoms with Crippen molar-refractivity contribution in [1.82, 2.24) is 5.01 Å². The molecule has 16 heavy (non-hydrogen) atoms. The average molecular weight is 226 g/mol. The molecule has 0 unspecified atom stereocenters. The molecule has 0 aliphatic carbocycles. The highest BCUT2D eigenvalue weighted by atomic mass is 16.6. The van der Waals surface area contributed by atoms with E-state index in [1.165, 1.54) is 18.3 Å². The maximum absolute atomic E-state index is 10.8. The summed E-state index contributed by atoms with van der Waals surface area (Å²) in [6, 6.07) is 1.86. The standard InChI is InChI=1S/C8H10N4O4/c1-2-11(8(9)13)10-5-6-3-4-7(16-6)12(14)15/h3-5H,2H2,1H3,(H2,9,13). The van der Waals surface area contributed by atoms with Gasteiger partial charge in [0, 0.05) is 6.54 Å². The molecule has 0 saturated heterocycles. The number of carbonyl (C=O) groups excluding carboxylic acids is 1. The fourth-order valence-corrected chi connectivity index (χ4v) is 0.931. The Balaban J connectivity index is 2.75. The maximum atomic E-state index is 10.8. The number of primary amides is 1. The molecule has 8 heteroatoms. The van der Waals surface area contributed by atoms with Crippen LogP contribution in [0, 0.1) is 10.1 Å². The van der Waals surface area contributed by atoms with Crippen LogP contribution in [-0.4, -0.2) is 28.7 Å². The number of hydrogen-bond donors (Lipinski definition) is 1. The molecule has 0 aromatic carbocycles. The van der Waals surface area contributed by atoms with E-state index >= 15 is 0 Å². The van der Waals surface area contributed by atoms with Gasteiger partial charge < -0.3 is 10.2 Å². The number of rotatable bonds is 4. The first-order chi connectivity index (χ1) is 7.54. The second-order valence-electron chi connectivity index (χ2n) is 2.73. The summed E-state index contributed by atoms with van der Waals surface area (Å²) in [5, 5.41) is 15.0. The van der Waals surface area contributed by atoms with Gasteiger partial charge in [0.1, 0.15) is 4.92 Å². The predicted molar refractivity (Wildman–Crippen MR) is 54.9 cm³/mol. The van der Waals surface area contributed by atoms with Crippen LogP contribution in [0.3, 0.4) is 0 Å². The fraction of sp³-hybridized carbons (Fsp3) is 0.250. The Morgan fingerprint density at radius 1 is 1.75 bits per heavy atom. The summed E-state index contributed by atoms with van der Waals surface area (Å²) in [4.78, 5) is 20.4. The number of urea groups is 1. The highest BCUT2D eigenvalue weighted by molar-refractivity contribution is 5.79. The minimum absolute atomic E-state index is 0.173. The van der Waals surface area contributed by atoms with Crippen molar-refractivity contribution in [3.63, 3.8) is 0 Å². The van der Waals surface area contributed by atoms with E-state index in [0.717, 1.165) is 5.01 Å². The molecule has 0 saturated carbocycles. The summed E-state index contributed by atoms with van der Waals surface area (Å²) in [6.07, 6.45) is 1.18. The molecule has 0 bridgehead atoms. The third kappa shape index (κ3) is 2.80. The number of hydrogen-bond acceptors (Lipinski definition) is 5. The van der Waals surface area contributed by atoms with E-state index in [-0.39, 0.29) is 11.6 Å². The van der Waals surface area contributed by atoms with Crippen LogP contribution >= 0.6 is 0 Å². The van der Waals surface area contributed by atoms with Gasteiger partial charge in [0.05, 0.1) is 12.3 Å². The Morgan fingerprint density at radius 2 is 2.44 bits per heavy atom. The van der Waals surface area contributed by atoms with Gasteiger partial charge in [-0.25, -0.2) is 9.80 Å². The zero-order valence-electron chi connectivity index (χ0n) is 8.49. The number of nitrogens with zero attached hydrogens (tertiary/aromatic N) is 3. The Morgan fingerprint density at radius 3 is 2.88 bits per heavy atom. The van der Waals surface area contributed by atoms with Crippen LogP contribution in [0.1, 0.15) is 12.7 Å². The minimum atomic E-state index is -0.709. The van der Waals surface area contributed by atoms with Gasteiger partial charge in [0.25, 0.3) is 0 Å². The molecule has 0 spiro atoms. The van der Waals surface area contributed by atoms with Gasteiger partial charge >= 0.3 is 11.9 Å². The SMILES string of the molecule is CCN(N=Cc1ccc([N+](=O)[O-])o1)C(N)=O. The van der Waals surface area contributed by atoms with Crippen LogP contribution < -0.4 is 5.73 Å². The van der Waals surface area contributed by atoms with Gasteiger partial charge in [0.15, 0.2) is 5.76 Å². The van der Waals surface area contributed by atoms with E-state index in [9.17, 15) is 14.9 Å². The molecular weight excluding hydrogens is 216 g/mol. The van der Waals surface area contributed by atoms with Gasteiger partial charge in [-0.15, -0.1) is 0 Å². The molecule has 86 valence electrons. The van der Waals surface area contributed by atoms with E-state index in [1.807, 2.05) is 0 Å². The van der Waals surface area contributed by atoms with E-state index in [4.69, 9.17) is 10.2 Å². The summed E-state index contributed by atoms with van der Waals surface area (Å²) in [5.41, 5.74) is 5.00. The van der Waals surface area contributed by atoms with E-state index in [1.54, 1.807) is 6.92 Å². The second-order valence-corrected chi connectivity index (χ2v) is 2.73. The molecule has 2 amide bonds. The number of hydrazone groups is 1. The van der Waals surface area contributed by atoms with E-state index in [2.05, 4.69) is 5.10 Å². The molecule has 1 rings (SSSR count). The van der Waals surface area contributed by atoms with Gasteiger partial charge in [-0.3, -0.25) is 10.1 Å². The third-order valence-corrected chi connectivity index (χ3v) is 1.67. The van der Waals surface area contributed by atoms with Crippen LogP contribution in [0.2, 0.25) is 0 Å². The smallest absolute Gasteiger partial charge is 0.400 e. The number of nitro groups is 1. The average Bonchev–Trinajstić information content (AvgIpc) is 2.67. The molecule has 1 heterocycles. The Kier molecular flexibility index (Phi) is 3.59. The van der Waals surface area contributed by atoms with Crippen LogP contribution in [0.4, 0.5) is 10.7 Å². The first-order valence-corrected chi connectivity index (χ1v) is 4.39. The lowest BCUT2D eigenvalue weighted by atomic mass is 10.5. The fourth-order valence-electron chi connectivity index (χ4n) is 0.931. The number of amides is 2. The minimum Gasteiger partial charge on any atom is -0.400 e. The Bertz CT molecular complexity index is 425. The lowest BCUT2D eigenvalue weighted by Gasteiger charge is -2.09. The van der Waals surface area contributed by atoms with Crippen LogP contribution in [0.15, 0.2) is 21.7 Å². The summed E-state index contributed by atoms with van der Waals surface area (Å²) < 4.78 is 4.79. The molecule has 0 aliphatic rings. The largest absolute Gasteiger partial charge is 0.433 e. The zero-order chi connectivity index (χ0) is 12.1. The molecule has 0 aliphatic heterocycles. The molecule has 8 nitrogen and oxygen atoms in total. The quantitative estimate of drug-likeness (QED) is 0.466. The Labute approximate surface area is 90.5 Å². The first kappa shape index (κ1) is 11.7. The highest BCUT2D eigenvalue weighted by Crippen LogP contribution is 2.13. The summed E-state index contributed by atoms with van der Waals surface area (Å²) in [5.74, 6) is -0.213. The second kappa shape index (κ2) is 4.91. The molecule has 0 fully saturated rings. The van der Waals surface area contributed by atoms with Crippen molar-refractivity contribution >= 4 is 18.1 Å². The molecular formula is C8H10N4O4. The summed E-state index contributed by atoms with van der Waals surface area (Å²) in [6.45, 7) is 1.99. The topological polar surface area (TPSA) is 115 Å². The van der Waals surface area contributed by atoms with Crippen molar-refractivity contribution in [3.05, 3.63) is 28.0 Å². The Hall–Kier alpha value is -2.38. The molecule has 0 radical (unpaired) electrons. The normalized spacial score (nSPS) is 10.6. The van der Waals surface area contributed by atoms with E-state index in [0.29, 0.717) is 6.54 Å². The van der Waals surface area contributed by atoms with Crippen molar-refractivity contribution in [2.45, 2.75) is 6.92 Å². The number of nitrogens with two attached hydrogens (primary N) is 1. The van der Waals surface area contributed by atoms with Crippen molar-refractivity contribution in [2.24, 2.45) is 10.8 Å². The van der Waals surface area contributed by atoms with Crippen molar-refractivity contribution < 1.29 is 14.1 Å². The third-order valence-electron chi connectivity index (χ3n) is 1.67. The van der Waals surface area contributed by atoms with Crippen molar-refractivity contribution in [3.8, 4) is 0 Å². The van der Waals surface area contributed by atoms with Gasteiger partial charge in [-0.2, -0.15) is 5.10 Å². The van der Waals surface area contributed by atoms with Crippen LogP contribution in [0.25, 0.3) is 0 Å². The molecule has 1 aromatic rings. The van der Waals surface area contributed by atoms with Crippen molar-refractivity contribution in [2.75, 3.05) is 6.54 Å². The van der Waals surface area contributed by atoms with E-state index < -0.39 is 11.0 Å². The monoisotopic (exact) mass is 226 g/mol. The molecule has 1 aromatic heterocycles. The zero-order valence-corrected chi connectivity index (χ0v) is 8.49. The number of furan rings is 1. The van der Waals surface area contributed by atoms with Gasteiger partial charge in [-0.1, -0.05) is 0 Å². The highest BCUT2D eigenvalue weighted by Gasteiger charge is 2.11. The maximum Gasteiger partial charge on any atom is 0.433 e. The van der Waals surface area contributed by atoms with Crippen LogP contribution in [0.5, 0.6) is 0 Å². The summed E-state index contributed by atoms with van der Waals surface area (Å²) in [7, 11) is 0. The molecule has 2 N–H and O–H groups in total. The first-order valence-electron chi connectivity index (χ1n) is 4.39. The lowest BCUT2D eigenvalue weighted by molar-refractivity contribution is -0.402. The van der Waals surface area contributed by atoms with Gasteiger partial charge in [-0.05, 0) is 13.0 Å². The summed E-state index contributed by atoms with van der Waals surface area (Å²) >= 11 is 0. The van der Waals surface area contributed by atoms with Crippen molar-refractivity contribution in [1.29, 1.82) is 0 Å².